The number of nitrogens with zero attached hydrogens (tertiary/aromatic N) is 1. The van der Waals surface area contributed by atoms with E-state index in [1.165, 1.54) is 11.3 Å². The molecule has 1 fully saturated rings. The summed E-state index contributed by atoms with van der Waals surface area (Å²) in [6.45, 7) is 7.56. The van der Waals surface area contributed by atoms with Crippen LogP contribution in [-0.4, -0.2) is 32.4 Å². The molecule has 1 aliphatic carbocycles. The minimum atomic E-state index is -3.39. The fraction of sp³-hybridized carbons (Fsp3) is 0.733. The second-order valence-electron chi connectivity index (χ2n) is 5.95. The second kappa shape index (κ2) is 6.77. The number of nitrogens with one attached hydrogen (secondary N) is 1. The zero-order valence-electron chi connectivity index (χ0n) is 13.3. The zero-order valence-corrected chi connectivity index (χ0v) is 15.0. The van der Waals surface area contributed by atoms with Crippen molar-refractivity contribution < 1.29 is 8.42 Å². The smallest absolute Gasteiger partial charge is 0.244 e. The SMILES string of the molecule is CCCNCc1scc(C)c1S(=O)(=O)N(C)C(C)C1CC1. The molecule has 6 heteroatoms. The van der Waals surface area contributed by atoms with Crippen LogP contribution in [-0.2, 0) is 16.6 Å². The summed E-state index contributed by atoms with van der Waals surface area (Å²) in [6.07, 6.45) is 3.34. The Balaban J connectivity index is 2.24. The standard InChI is InChI=1S/C15H26N2O2S2/c1-5-8-16-9-14-15(11(2)10-20-14)21(18,19)17(4)12(3)13-6-7-13/h10,12-13,16H,5-9H2,1-4H3. The van der Waals surface area contributed by atoms with Gasteiger partial charge in [-0.2, -0.15) is 4.31 Å². The molecule has 120 valence electrons. The van der Waals surface area contributed by atoms with Gasteiger partial charge in [0.1, 0.15) is 4.90 Å². The molecule has 0 aliphatic heterocycles. The molecular formula is C15H26N2O2S2. The zero-order chi connectivity index (χ0) is 15.6. The highest BCUT2D eigenvalue weighted by Gasteiger charge is 2.37. The number of hydrogen-bond acceptors (Lipinski definition) is 4. The van der Waals surface area contributed by atoms with E-state index < -0.39 is 10.0 Å². The number of thiophene rings is 1. The van der Waals surface area contributed by atoms with Gasteiger partial charge in [0.2, 0.25) is 10.0 Å². The minimum absolute atomic E-state index is 0.0887. The van der Waals surface area contributed by atoms with Crippen LogP contribution < -0.4 is 5.32 Å². The molecule has 0 amide bonds. The third-order valence-corrected chi connectivity index (χ3v) is 7.63. The van der Waals surface area contributed by atoms with Gasteiger partial charge in [0.25, 0.3) is 0 Å². The lowest BCUT2D eigenvalue weighted by atomic mass is 10.2. The highest BCUT2D eigenvalue weighted by atomic mass is 32.2. The van der Waals surface area contributed by atoms with Crippen LogP contribution >= 0.6 is 11.3 Å². The number of aryl methyl sites for hydroxylation is 1. The van der Waals surface area contributed by atoms with Crippen LogP contribution in [0, 0.1) is 12.8 Å². The van der Waals surface area contributed by atoms with Crippen molar-refractivity contribution in [2.24, 2.45) is 5.92 Å². The van der Waals surface area contributed by atoms with Gasteiger partial charge < -0.3 is 5.32 Å². The molecule has 21 heavy (non-hydrogen) atoms. The minimum Gasteiger partial charge on any atom is -0.312 e. The summed E-state index contributed by atoms with van der Waals surface area (Å²) in [7, 11) is -1.67. The Morgan fingerprint density at radius 1 is 1.48 bits per heavy atom. The number of sulfonamides is 1. The Morgan fingerprint density at radius 2 is 2.14 bits per heavy atom. The van der Waals surface area contributed by atoms with Crippen LogP contribution in [0.5, 0.6) is 0 Å². The number of hydrogen-bond donors (Lipinski definition) is 1. The van der Waals surface area contributed by atoms with Crippen molar-refractivity contribution in [3.05, 3.63) is 15.8 Å². The first-order chi connectivity index (χ1) is 9.89. The molecule has 4 nitrogen and oxygen atoms in total. The topological polar surface area (TPSA) is 49.4 Å². The first kappa shape index (κ1) is 16.9. The van der Waals surface area contributed by atoms with Crippen LogP contribution in [0.25, 0.3) is 0 Å². The molecule has 0 saturated heterocycles. The summed E-state index contributed by atoms with van der Waals surface area (Å²) >= 11 is 1.54. The molecule has 1 N–H and O–H groups in total. The van der Waals surface area contributed by atoms with Crippen molar-refractivity contribution in [2.45, 2.75) is 57.5 Å². The lowest BCUT2D eigenvalue weighted by molar-refractivity contribution is 0.356. The lowest BCUT2D eigenvalue weighted by Crippen LogP contribution is -2.37. The maximum absolute atomic E-state index is 12.9. The van der Waals surface area contributed by atoms with Gasteiger partial charge in [-0.25, -0.2) is 8.42 Å². The number of rotatable bonds is 8. The Hall–Kier alpha value is -0.430. The van der Waals surface area contributed by atoms with E-state index in [0.717, 1.165) is 36.2 Å². The maximum atomic E-state index is 12.9. The lowest BCUT2D eigenvalue weighted by Gasteiger charge is -2.25. The molecule has 2 rings (SSSR count). The van der Waals surface area contributed by atoms with Crippen molar-refractivity contribution in [1.82, 2.24) is 9.62 Å². The van der Waals surface area contributed by atoms with Crippen LogP contribution in [0.15, 0.2) is 10.3 Å². The third-order valence-electron chi connectivity index (χ3n) is 4.22. The highest BCUT2D eigenvalue weighted by Crippen LogP contribution is 2.38. The summed E-state index contributed by atoms with van der Waals surface area (Å²) in [5.41, 5.74) is 0.864. The molecule has 1 aromatic heterocycles. The van der Waals surface area contributed by atoms with Crippen LogP contribution in [0.1, 0.15) is 43.6 Å². The Morgan fingerprint density at radius 3 is 2.71 bits per heavy atom. The maximum Gasteiger partial charge on any atom is 0.244 e. The van der Waals surface area contributed by atoms with Gasteiger partial charge in [0.15, 0.2) is 0 Å². The van der Waals surface area contributed by atoms with Gasteiger partial charge >= 0.3 is 0 Å². The quantitative estimate of drug-likeness (QED) is 0.746. The predicted molar refractivity (Wildman–Crippen MR) is 88.2 cm³/mol. The second-order valence-corrected chi connectivity index (χ2v) is 8.85. The van der Waals surface area contributed by atoms with Gasteiger partial charge in [0.05, 0.1) is 0 Å². The van der Waals surface area contributed by atoms with Crippen LogP contribution in [0.3, 0.4) is 0 Å². The predicted octanol–water partition coefficient (Wildman–Crippen LogP) is 2.98. The molecule has 1 aliphatic rings. The van der Waals surface area contributed by atoms with Crippen molar-refractivity contribution in [3.63, 3.8) is 0 Å². The van der Waals surface area contributed by atoms with E-state index in [1.54, 1.807) is 11.4 Å². The van der Waals surface area contributed by atoms with Crippen molar-refractivity contribution in [2.75, 3.05) is 13.6 Å². The monoisotopic (exact) mass is 330 g/mol. The van der Waals surface area contributed by atoms with Crippen molar-refractivity contribution in [1.29, 1.82) is 0 Å². The normalized spacial score (nSPS) is 17.4. The van der Waals surface area contributed by atoms with E-state index in [2.05, 4.69) is 12.2 Å². The van der Waals surface area contributed by atoms with E-state index in [4.69, 9.17) is 0 Å². The third kappa shape index (κ3) is 3.67. The molecular weight excluding hydrogens is 304 g/mol. The average Bonchev–Trinajstić information content (AvgIpc) is 3.21. The van der Waals surface area contributed by atoms with Gasteiger partial charge in [-0.3, -0.25) is 0 Å². The molecule has 1 saturated carbocycles. The van der Waals surface area contributed by atoms with Gasteiger partial charge in [-0.15, -0.1) is 11.3 Å². The van der Waals surface area contributed by atoms with Gasteiger partial charge in [-0.1, -0.05) is 6.92 Å². The van der Waals surface area contributed by atoms with Crippen molar-refractivity contribution >= 4 is 21.4 Å². The van der Waals surface area contributed by atoms with Gasteiger partial charge in [-0.05, 0) is 56.5 Å². The first-order valence-corrected chi connectivity index (χ1v) is 9.97. The van der Waals surface area contributed by atoms with E-state index in [1.807, 2.05) is 19.2 Å². The average molecular weight is 331 g/mol. The summed E-state index contributed by atoms with van der Waals surface area (Å²) in [5.74, 6) is 0.533. The van der Waals surface area contributed by atoms with E-state index in [0.29, 0.717) is 17.4 Å². The van der Waals surface area contributed by atoms with Gasteiger partial charge in [0, 0.05) is 24.5 Å². The Kier molecular flexibility index (Phi) is 5.46. The Bertz CT molecular complexity index is 576. The fourth-order valence-corrected chi connectivity index (χ4v) is 5.72. The van der Waals surface area contributed by atoms with E-state index >= 15 is 0 Å². The van der Waals surface area contributed by atoms with E-state index in [9.17, 15) is 8.42 Å². The molecule has 1 aromatic rings. The molecule has 0 aromatic carbocycles. The van der Waals surface area contributed by atoms with Crippen LogP contribution in [0.2, 0.25) is 0 Å². The highest BCUT2D eigenvalue weighted by molar-refractivity contribution is 7.89. The molecule has 0 bridgehead atoms. The molecule has 0 spiro atoms. The Labute approximate surface area is 132 Å². The molecule has 1 atom stereocenters. The largest absolute Gasteiger partial charge is 0.312 e. The fourth-order valence-electron chi connectivity index (χ4n) is 2.57. The molecule has 1 heterocycles. The first-order valence-electron chi connectivity index (χ1n) is 7.65. The molecule has 1 unspecified atom stereocenters. The summed E-state index contributed by atoms with van der Waals surface area (Å²) in [5, 5.41) is 5.26. The van der Waals surface area contributed by atoms with Crippen molar-refractivity contribution in [3.8, 4) is 0 Å². The van der Waals surface area contributed by atoms with Crippen LogP contribution in [0.4, 0.5) is 0 Å². The summed E-state index contributed by atoms with van der Waals surface area (Å²) in [4.78, 5) is 1.45. The summed E-state index contributed by atoms with van der Waals surface area (Å²) in [6, 6.07) is 0.0887. The van der Waals surface area contributed by atoms with E-state index in [-0.39, 0.29) is 6.04 Å². The molecule has 0 radical (unpaired) electrons. The summed E-state index contributed by atoms with van der Waals surface area (Å²) < 4.78 is 27.5.